The predicted molar refractivity (Wildman–Crippen MR) is 111 cm³/mol. The summed E-state index contributed by atoms with van der Waals surface area (Å²) >= 11 is 0. The van der Waals surface area contributed by atoms with Crippen molar-refractivity contribution in [1.82, 2.24) is 24.3 Å². The van der Waals surface area contributed by atoms with E-state index in [1.807, 2.05) is 0 Å². The highest BCUT2D eigenvalue weighted by Gasteiger charge is 2.22. The molecule has 2 atom stereocenters. The molecule has 0 amide bonds. The van der Waals surface area contributed by atoms with Crippen LogP contribution >= 0.6 is 0 Å². The molecule has 6 nitrogen and oxygen atoms in total. The normalized spacial score (nSPS) is 19.6. The van der Waals surface area contributed by atoms with Gasteiger partial charge in [-0.25, -0.2) is 18.7 Å². The van der Waals surface area contributed by atoms with Crippen LogP contribution in [0.4, 0.5) is 8.78 Å². The van der Waals surface area contributed by atoms with Crippen LogP contribution in [-0.4, -0.2) is 31.5 Å². The van der Waals surface area contributed by atoms with E-state index in [0.29, 0.717) is 16.8 Å². The van der Waals surface area contributed by atoms with Crippen LogP contribution in [0.25, 0.3) is 27.7 Å². The second-order valence-electron chi connectivity index (χ2n) is 8.03. The van der Waals surface area contributed by atoms with E-state index in [1.165, 1.54) is 18.5 Å². The molecule has 4 aromatic rings. The molecule has 0 bridgehead atoms. The summed E-state index contributed by atoms with van der Waals surface area (Å²) in [5, 5.41) is 3.31. The molecule has 1 aliphatic rings. The summed E-state index contributed by atoms with van der Waals surface area (Å²) in [7, 11) is 0. The molecule has 1 aliphatic heterocycles. The van der Waals surface area contributed by atoms with E-state index in [4.69, 9.17) is 0 Å². The quantitative estimate of drug-likeness (QED) is 0.549. The Bertz CT molecular complexity index is 1340. The van der Waals surface area contributed by atoms with Crippen molar-refractivity contribution in [3.8, 4) is 11.1 Å². The molecule has 1 N–H and O–H groups in total. The number of fused-ring (bicyclic) bond motifs is 2. The average molecular weight is 409 g/mol. The molecular weight excluding hydrogens is 388 g/mol. The average Bonchev–Trinajstić information content (AvgIpc) is 3.08. The highest BCUT2D eigenvalue weighted by molar-refractivity contribution is 5.84. The predicted octanol–water partition coefficient (Wildman–Crippen LogP) is 3.61. The monoisotopic (exact) mass is 409 g/mol. The van der Waals surface area contributed by atoms with Crippen LogP contribution in [0.3, 0.4) is 0 Å². The summed E-state index contributed by atoms with van der Waals surface area (Å²) in [5.74, 6) is -1.15. The van der Waals surface area contributed by atoms with Crippen LogP contribution in [0.5, 0.6) is 0 Å². The number of piperidine rings is 1. The van der Waals surface area contributed by atoms with Crippen LogP contribution < -0.4 is 10.9 Å². The summed E-state index contributed by atoms with van der Waals surface area (Å²) < 4.78 is 32.6. The molecule has 0 spiro atoms. The van der Waals surface area contributed by atoms with Crippen molar-refractivity contribution >= 4 is 16.6 Å². The molecule has 2 unspecified atom stereocenters. The van der Waals surface area contributed by atoms with Gasteiger partial charge in [-0.3, -0.25) is 9.36 Å². The molecule has 0 aliphatic carbocycles. The van der Waals surface area contributed by atoms with Gasteiger partial charge in [0.1, 0.15) is 11.2 Å². The number of rotatable bonds is 2. The highest BCUT2D eigenvalue weighted by atomic mass is 19.1. The van der Waals surface area contributed by atoms with Crippen LogP contribution in [0.2, 0.25) is 0 Å². The third-order valence-corrected chi connectivity index (χ3v) is 5.79. The van der Waals surface area contributed by atoms with Gasteiger partial charge in [-0.2, -0.15) is 0 Å². The van der Waals surface area contributed by atoms with Gasteiger partial charge in [-0.05, 0) is 57.0 Å². The maximum atomic E-state index is 15.1. The third-order valence-electron chi connectivity index (χ3n) is 5.79. The van der Waals surface area contributed by atoms with E-state index in [0.717, 1.165) is 19.4 Å². The highest BCUT2D eigenvalue weighted by Crippen LogP contribution is 2.27. The third kappa shape index (κ3) is 3.08. The number of halogens is 2. The molecule has 3 aromatic heterocycles. The minimum absolute atomic E-state index is 0.00860. The first kappa shape index (κ1) is 18.9. The van der Waals surface area contributed by atoms with Crippen molar-refractivity contribution in [1.29, 1.82) is 0 Å². The minimum atomic E-state index is -0.654. The van der Waals surface area contributed by atoms with E-state index in [-0.39, 0.29) is 34.2 Å². The van der Waals surface area contributed by atoms with Gasteiger partial charge in [0, 0.05) is 30.0 Å². The lowest BCUT2D eigenvalue weighted by Crippen LogP contribution is -2.39. The molecule has 8 heteroatoms. The van der Waals surface area contributed by atoms with Crippen molar-refractivity contribution in [3.05, 3.63) is 64.6 Å². The number of aryl methyl sites for hydroxylation is 1. The van der Waals surface area contributed by atoms with Gasteiger partial charge >= 0.3 is 0 Å². The molecular formula is C22H21F2N5O. The van der Waals surface area contributed by atoms with E-state index in [9.17, 15) is 9.18 Å². The maximum absolute atomic E-state index is 15.1. The summed E-state index contributed by atoms with van der Waals surface area (Å²) in [6.45, 7) is 4.65. The van der Waals surface area contributed by atoms with Crippen molar-refractivity contribution in [2.45, 2.75) is 38.8 Å². The Balaban J connectivity index is 1.63. The minimum Gasteiger partial charge on any atom is -0.314 e. The molecule has 0 radical (unpaired) electrons. The summed E-state index contributed by atoms with van der Waals surface area (Å²) in [5.41, 5.74) is 1.72. The summed E-state index contributed by atoms with van der Waals surface area (Å²) in [6.07, 6.45) is 6.48. The number of benzene rings is 1. The van der Waals surface area contributed by atoms with E-state index in [1.54, 1.807) is 34.4 Å². The van der Waals surface area contributed by atoms with Crippen molar-refractivity contribution in [3.63, 3.8) is 0 Å². The number of nitrogens with zero attached hydrogens (tertiary/aromatic N) is 4. The lowest BCUT2D eigenvalue weighted by Gasteiger charge is -2.29. The van der Waals surface area contributed by atoms with Gasteiger partial charge in [0.2, 0.25) is 0 Å². The first-order valence-corrected chi connectivity index (χ1v) is 9.99. The fourth-order valence-electron chi connectivity index (χ4n) is 4.33. The maximum Gasteiger partial charge on any atom is 0.264 e. The molecule has 4 heterocycles. The smallest absolute Gasteiger partial charge is 0.264 e. The van der Waals surface area contributed by atoms with Crippen LogP contribution in [0.15, 0.2) is 41.7 Å². The molecule has 30 heavy (non-hydrogen) atoms. The van der Waals surface area contributed by atoms with Crippen molar-refractivity contribution in [2.75, 3.05) is 6.54 Å². The lowest BCUT2D eigenvalue weighted by atomic mass is 10.00. The van der Waals surface area contributed by atoms with Gasteiger partial charge in [0.25, 0.3) is 5.56 Å². The van der Waals surface area contributed by atoms with Crippen molar-refractivity contribution < 1.29 is 8.78 Å². The molecule has 5 rings (SSSR count). The summed E-state index contributed by atoms with van der Waals surface area (Å²) in [6, 6.07) is 4.49. The SMILES string of the molecule is Cc1cn2cc(-c3cc(F)c4c(=O)n(C5CCNC(C)C5)cnc4c3)cc(F)c2n1. The number of pyridine rings is 1. The fourth-order valence-corrected chi connectivity index (χ4v) is 4.33. The van der Waals surface area contributed by atoms with Crippen LogP contribution in [0, 0.1) is 18.6 Å². The van der Waals surface area contributed by atoms with Crippen LogP contribution in [-0.2, 0) is 0 Å². The molecule has 1 saturated heterocycles. The molecule has 0 saturated carbocycles. The van der Waals surface area contributed by atoms with Gasteiger partial charge in [-0.1, -0.05) is 0 Å². The first-order valence-electron chi connectivity index (χ1n) is 9.99. The zero-order chi connectivity index (χ0) is 21.0. The van der Waals surface area contributed by atoms with Gasteiger partial charge in [0.15, 0.2) is 11.5 Å². The Morgan fingerprint density at radius 1 is 1.13 bits per heavy atom. The lowest BCUT2D eigenvalue weighted by molar-refractivity contribution is 0.307. The van der Waals surface area contributed by atoms with E-state index in [2.05, 4.69) is 22.2 Å². The van der Waals surface area contributed by atoms with Gasteiger partial charge < -0.3 is 9.72 Å². The fraction of sp³-hybridized carbons (Fsp3) is 0.318. The Morgan fingerprint density at radius 2 is 1.93 bits per heavy atom. The number of aromatic nitrogens is 4. The summed E-state index contributed by atoms with van der Waals surface area (Å²) in [4.78, 5) is 21.5. The van der Waals surface area contributed by atoms with Crippen LogP contribution in [0.1, 0.15) is 31.5 Å². The van der Waals surface area contributed by atoms with E-state index >= 15 is 4.39 Å². The zero-order valence-electron chi connectivity index (χ0n) is 16.7. The second kappa shape index (κ2) is 6.98. The van der Waals surface area contributed by atoms with E-state index < -0.39 is 11.6 Å². The number of nitrogens with one attached hydrogen (secondary N) is 1. The Hall–Kier alpha value is -3.13. The van der Waals surface area contributed by atoms with Gasteiger partial charge in [-0.15, -0.1) is 0 Å². The topological polar surface area (TPSA) is 64.2 Å². The largest absolute Gasteiger partial charge is 0.314 e. The van der Waals surface area contributed by atoms with Crippen molar-refractivity contribution in [2.24, 2.45) is 0 Å². The number of hydrogen-bond donors (Lipinski definition) is 1. The molecule has 1 fully saturated rings. The standard InChI is InChI=1S/C22H21F2N5O/c1-12-5-16(3-4-25-12)29-11-26-19-8-14(6-17(23)20(19)22(29)30)15-7-18(24)21-27-13(2)9-28(21)10-15/h6-12,16,25H,3-5H2,1-2H3. The Morgan fingerprint density at radius 3 is 2.73 bits per heavy atom. The zero-order valence-corrected chi connectivity index (χ0v) is 16.7. The molecule has 154 valence electrons. The van der Waals surface area contributed by atoms with Gasteiger partial charge in [0.05, 0.1) is 17.5 Å². The number of hydrogen-bond acceptors (Lipinski definition) is 4. The number of imidazole rings is 1. The second-order valence-corrected chi connectivity index (χ2v) is 8.03. The first-order chi connectivity index (χ1) is 14.4. The molecule has 1 aromatic carbocycles. The Labute approximate surface area is 171 Å². The Kier molecular flexibility index (Phi) is 4.39.